The van der Waals surface area contributed by atoms with Crippen LogP contribution < -0.4 is 9.84 Å². The Balaban J connectivity index is 1.84. The zero-order chi connectivity index (χ0) is 14.7. The number of aromatic carboxylic acids is 1. The lowest BCUT2D eigenvalue weighted by Crippen LogP contribution is -2.22. The van der Waals surface area contributed by atoms with Crippen molar-refractivity contribution in [2.75, 3.05) is 0 Å². The van der Waals surface area contributed by atoms with Gasteiger partial charge in [0, 0.05) is 5.39 Å². The summed E-state index contributed by atoms with van der Waals surface area (Å²) in [6.45, 7) is 0.315. The molecule has 0 N–H and O–H groups in total. The van der Waals surface area contributed by atoms with E-state index in [1.165, 1.54) is 6.07 Å². The van der Waals surface area contributed by atoms with Crippen molar-refractivity contribution < 1.29 is 14.6 Å². The summed E-state index contributed by atoms with van der Waals surface area (Å²) >= 11 is 0. The number of benzene rings is 3. The second-order valence-electron chi connectivity index (χ2n) is 4.75. The van der Waals surface area contributed by atoms with Crippen LogP contribution in [0.15, 0.2) is 66.7 Å². The fourth-order valence-electron chi connectivity index (χ4n) is 2.27. The van der Waals surface area contributed by atoms with Crippen LogP contribution in [0.5, 0.6) is 5.75 Å². The average Bonchev–Trinajstić information content (AvgIpc) is 2.53. The van der Waals surface area contributed by atoms with E-state index >= 15 is 0 Å². The zero-order valence-electron chi connectivity index (χ0n) is 11.3. The van der Waals surface area contributed by atoms with Gasteiger partial charge in [-0.05, 0) is 28.6 Å². The number of carbonyl (C=O) groups excluding carboxylic acids is 1. The van der Waals surface area contributed by atoms with E-state index in [1.807, 2.05) is 48.5 Å². The maximum Gasteiger partial charge on any atom is 0.127 e. The first-order chi connectivity index (χ1) is 10.2. The maximum absolute atomic E-state index is 10.9. The lowest BCUT2D eigenvalue weighted by Gasteiger charge is -2.10. The van der Waals surface area contributed by atoms with Crippen LogP contribution in [0.4, 0.5) is 0 Å². The van der Waals surface area contributed by atoms with Gasteiger partial charge in [0.2, 0.25) is 0 Å². The average molecular weight is 277 g/mol. The van der Waals surface area contributed by atoms with Gasteiger partial charge in [-0.3, -0.25) is 0 Å². The Morgan fingerprint density at radius 3 is 2.57 bits per heavy atom. The molecule has 0 aromatic heterocycles. The van der Waals surface area contributed by atoms with Crippen molar-refractivity contribution in [3.8, 4) is 5.75 Å². The Kier molecular flexibility index (Phi) is 3.56. The number of carbonyl (C=O) groups is 1. The Morgan fingerprint density at radius 1 is 0.952 bits per heavy atom. The molecule has 0 saturated heterocycles. The zero-order valence-corrected chi connectivity index (χ0v) is 11.3. The molecule has 0 saturated carbocycles. The van der Waals surface area contributed by atoms with Crippen LogP contribution in [0.3, 0.4) is 0 Å². The molecule has 0 fully saturated rings. The number of carboxylic acid groups (broad SMARTS) is 1. The van der Waals surface area contributed by atoms with Crippen molar-refractivity contribution in [1.29, 1.82) is 0 Å². The molecule has 0 bridgehead atoms. The summed E-state index contributed by atoms with van der Waals surface area (Å²) in [5.41, 5.74) is 0.957. The predicted molar refractivity (Wildman–Crippen MR) is 79.1 cm³/mol. The molecule has 0 aliphatic heterocycles. The number of fused-ring (bicyclic) bond motifs is 1. The second kappa shape index (κ2) is 5.67. The summed E-state index contributed by atoms with van der Waals surface area (Å²) in [7, 11) is 0. The fourth-order valence-corrected chi connectivity index (χ4v) is 2.27. The van der Waals surface area contributed by atoms with Gasteiger partial charge in [-0.25, -0.2) is 0 Å². The Hall–Kier alpha value is -2.81. The summed E-state index contributed by atoms with van der Waals surface area (Å²) in [6, 6.07) is 20.4. The van der Waals surface area contributed by atoms with E-state index in [1.54, 1.807) is 12.1 Å². The molecule has 3 aromatic rings. The molecular weight excluding hydrogens is 264 g/mol. The highest BCUT2D eigenvalue weighted by atomic mass is 16.5. The monoisotopic (exact) mass is 277 g/mol. The summed E-state index contributed by atoms with van der Waals surface area (Å²) in [6.07, 6.45) is 0. The normalized spacial score (nSPS) is 10.5. The van der Waals surface area contributed by atoms with Crippen molar-refractivity contribution in [1.82, 2.24) is 0 Å². The molecule has 104 valence electrons. The lowest BCUT2D eigenvalue weighted by atomic mass is 10.1. The molecule has 0 radical (unpaired) electrons. The summed E-state index contributed by atoms with van der Waals surface area (Å²) in [5, 5.41) is 13.0. The highest BCUT2D eigenvalue weighted by Gasteiger charge is 2.02. The minimum atomic E-state index is -1.18. The standard InChI is InChI=1S/C18H14O3/c19-18(20)15-8-3-5-13(11-15)12-21-17-10-4-7-14-6-1-2-9-16(14)17/h1-11H,12H2,(H,19,20)/p-1. The van der Waals surface area contributed by atoms with E-state index in [4.69, 9.17) is 4.74 Å². The molecule has 3 rings (SSSR count). The molecule has 3 nitrogen and oxygen atoms in total. The van der Waals surface area contributed by atoms with Crippen LogP contribution in [0.25, 0.3) is 10.8 Å². The van der Waals surface area contributed by atoms with Gasteiger partial charge in [-0.15, -0.1) is 0 Å². The first-order valence-electron chi connectivity index (χ1n) is 6.65. The Labute approximate surface area is 122 Å². The van der Waals surface area contributed by atoms with E-state index in [-0.39, 0.29) is 5.56 Å². The molecule has 3 aromatic carbocycles. The largest absolute Gasteiger partial charge is 0.545 e. The highest BCUT2D eigenvalue weighted by molar-refractivity contribution is 5.88. The van der Waals surface area contributed by atoms with Gasteiger partial charge in [-0.2, -0.15) is 0 Å². The van der Waals surface area contributed by atoms with Crippen molar-refractivity contribution in [2.45, 2.75) is 6.61 Å². The van der Waals surface area contributed by atoms with Crippen LogP contribution in [0, 0.1) is 0 Å². The van der Waals surface area contributed by atoms with Gasteiger partial charge in [0.05, 0.1) is 5.97 Å². The quantitative estimate of drug-likeness (QED) is 0.736. The van der Waals surface area contributed by atoms with Crippen LogP contribution in [0.1, 0.15) is 15.9 Å². The van der Waals surface area contributed by atoms with E-state index < -0.39 is 5.97 Å². The van der Waals surface area contributed by atoms with Gasteiger partial charge < -0.3 is 14.6 Å². The van der Waals surface area contributed by atoms with Gasteiger partial charge in [-0.1, -0.05) is 54.6 Å². The minimum Gasteiger partial charge on any atom is -0.545 e. The van der Waals surface area contributed by atoms with Crippen molar-refractivity contribution in [3.63, 3.8) is 0 Å². The van der Waals surface area contributed by atoms with Crippen molar-refractivity contribution >= 4 is 16.7 Å². The van der Waals surface area contributed by atoms with E-state index in [9.17, 15) is 9.90 Å². The third-order valence-corrected chi connectivity index (χ3v) is 3.31. The molecular formula is C18H13O3-. The Morgan fingerprint density at radius 2 is 1.71 bits per heavy atom. The van der Waals surface area contributed by atoms with Gasteiger partial charge in [0.25, 0.3) is 0 Å². The summed E-state index contributed by atoms with van der Waals surface area (Å²) in [5.74, 6) is -0.394. The molecule has 3 heteroatoms. The molecule has 0 unspecified atom stereocenters. The van der Waals surface area contributed by atoms with Crippen LogP contribution in [0.2, 0.25) is 0 Å². The number of rotatable bonds is 4. The third-order valence-electron chi connectivity index (χ3n) is 3.31. The molecule has 0 aliphatic rings. The molecule has 0 heterocycles. The Bertz CT molecular complexity index is 788. The van der Waals surface area contributed by atoms with E-state index in [0.29, 0.717) is 6.61 Å². The topological polar surface area (TPSA) is 49.4 Å². The summed E-state index contributed by atoms with van der Waals surface area (Å²) in [4.78, 5) is 10.9. The second-order valence-corrected chi connectivity index (χ2v) is 4.75. The van der Waals surface area contributed by atoms with Crippen LogP contribution in [-0.2, 0) is 6.61 Å². The molecule has 0 atom stereocenters. The van der Waals surface area contributed by atoms with Crippen molar-refractivity contribution in [2.24, 2.45) is 0 Å². The minimum absolute atomic E-state index is 0.161. The van der Waals surface area contributed by atoms with Crippen LogP contribution >= 0.6 is 0 Å². The SMILES string of the molecule is O=C([O-])c1cccc(COc2cccc3ccccc23)c1. The first kappa shape index (κ1) is 13.2. The van der Waals surface area contributed by atoms with E-state index in [2.05, 4.69) is 0 Å². The third kappa shape index (κ3) is 2.87. The van der Waals surface area contributed by atoms with Crippen molar-refractivity contribution in [3.05, 3.63) is 77.9 Å². The number of hydrogen-bond acceptors (Lipinski definition) is 3. The predicted octanol–water partition coefficient (Wildman–Crippen LogP) is 2.78. The number of hydrogen-bond donors (Lipinski definition) is 0. The molecule has 0 aliphatic carbocycles. The molecule has 0 spiro atoms. The number of ether oxygens (including phenoxy) is 1. The van der Waals surface area contributed by atoms with Gasteiger partial charge >= 0.3 is 0 Å². The van der Waals surface area contributed by atoms with Gasteiger partial charge in [0.1, 0.15) is 12.4 Å². The lowest BCUT2D eigenvalue weighted by molar-refractivity contribution is -0.255. The van der Waals surface area contributed by atoms with Crippen LogP contribution in [-0.4, -0.2) is 5.97 Å². The highest BCUT2D eigenvalue weighted by Crippen LogP contribution is 2.25. The number of carboxylic acids is 1. The summed E-state index contributed by atoms with van der Waals surface area (Å²) < 4.78 is 5.83. The van der Waals surface area contributed by atoms with E-state index in [0.717, 1.165) is 22.1 Å². The fraction of sp³-hybridized carbons (Fsp3) is 0.0556. The maximum atomic E-state index is 10.9. The first-order valence-corrected chi connectivity index (χ1v) is 6.65. The molecule has 21 heavy (non-hydrogen) atoms. The smallest absolute Gasteiger partial charge is 0.127 e. The van der Waals surface area contributed by atoms with Gasteiger partial charge in [0.15, 0.2) is 0 Å². The molecule has 0 amide bonds.